The van der Waals surface area contributed by atoms with Crippen molar-refractivity contribution in [1.82, 2.24) is 0 Å². The van der Waals surface area contributed by atoms with E-state index in [1.54, 1.807) is 30.3 Å². The molecule has 0 bridgehead atoms. The topological polar surface area (TPSA) is 89.9 Å². The first kappa shape index (κ1) is 64.1. The summed E-state index contributed by atoms with van der Waals surface area (Å²) in [5.41, 5.74) is 20.5. The fourth-order valence-electron chi connectivity index (χ4n) is 12.5. The van der Waals surface area contributed by atoms with Gasteiger partial charge in [-0.1, -0.05) is 157 Å². The first-order valence-corrected chi connectivity index (χ1v) is 29.8. The molecule has 83 heavy (non-hydrogen) atoms. The average molecular weight is 1240 g/mol. The van der Waals surface area contributed by atoms with Crippen molar-refractivity contribution in [2.24, 2.45) is 0 Å². The Kier molecular flexibility index (Phi) is 18.2. The number of methoxy groups -OCH3 is 2. The summed E-state index contributed by atoms with van der Waals surface area (Å²) in [5, 5.41) is 9.21. The van der Waals surface area contributed by atoms with Crippen LogP contribution in [-0.4, -0.2) is 37.2 Å². The summed E-state index contributed by atoms with van der Waals surface area (Å²) < 4.78 is 39.4. The second kappa shape index (κ2) is 23.5. The standard InChI is InChI=1S/2C25H29FO2.C24H27IO2/c1-15-12-20-21(25(5,6)11-10-24(20,3)4)14-19(15)16(2)18-9-8-17(13-22(18)26)23(27)28-7;1-15-12-20-21(25(5,6)11-10-24(20,3)4)14-19(15)16(2)17-8-9-18(22(26)13-17)23(27)28-7;1-14-11-19-20(24(5,6)10-9-23(19,3)4)13-18(14)15(2)17-8-7-16(22(26)27)12-21(17)25/h2*8-9,12-14H,2,10-11H2,1,3-7H3;7-8,11-13H,2,9-10H2,1,3-6H3,(H,26,27). The molecule has 6 aromatic carbocycles. The van der Waals surface area contributed by atoms with E-state index in [0.717, 1.165) is 73.8 Å². The zero-order chi connectivity index (χ0) is 61.9. The number of fused-ring (bicyclic) bond motifs is 3. The molecule has 0 aromatic heterocycles. The number of hydrogen-bond donors (Lipinski definition) is 1. The monoisotopic (exact) mass is 1230 g/mol. The van der Waals surface area contributed by atoms with Crippen molar-refractivity contribution in [3.8, 4) is 0 Å². The number of carbonyl (C=O) groups excluding carboxylic acids is 2. The number of benzene rings is 6. The molecule has 0 atom stereocenters. The second-order valence-corrected chi connectivity index (χ2v) is 28.4. The Morgan fingerprint density at radius 2 is 0.711 bits per heavy atom. The Labute approximate surface area is 507 Å². The first-order chi connectivity index (χ1) is 38.4. The Morgan fingerprint density at radius 1 is 0.410 bits per heavy atom. The number of hydrogen-bond acceptors (Lipinski definition) is 5. The van der Waals surface area contributed by atoms with Crippen molar-refractivity contribution in [2.75, 3.05) is 14.2 Å². The Balaban J connectivity index is 0.000000179. The van der Waals surface area contributed by atoms with Gasteiger partial charge in [0.05, 0.1) is 30.9 Å². The molecule has 1 N–H and O–H groups in total. The number of carboxylic acid groups (broad SMARTS) is 1. The highest BCUT2D eigenvalue weighted by Gasteiger charge is 2.40. The van der Waals surface area contributed by atoms with E-state index in [1.807, 2.05) is 6.07 Å². The summed E-state index contributed by atoms with van der Waals surface area (Å²) in [6.45, 7) is 46.7. The molecule has 0 unspecified atom stereocenters. The summed E-state index contributed by atoms with van der Waals surface area (Å²) in [6, 6.07) is 27.8. The van der Waals surface area contributed by atoms with Crippen molar-refractivity contribution in [2.45, 2.75) is 175 Å². The number of carboxylic acids is 1. The molecule has 3 aliphatic carbocycles. The minimum atomic E-state index is -0.904. The minimum Gasteiger partial charge on any atom is -0.478 e. The Bertz CT molecular complexity index is 3640. The highest BCUT2D eigenvalue weighted by Crippen LogP contribution is 2.51. The number of aryl methyl sites for hydroxylation is 3. The molecule has 0 saturated carbocycles. The molecule has 0 spiro atoms. The fourth-order valence-corrected chi connectivity index (χ4v) is 13.3. The molecule has 3 aliphatic rings. The van der Waals surface area contributed by atoms with Crippen LogP contribution in [0, 0.1) is 36.0 Å². The van der Waals surface area contributed by atoms with Crippen molar-refractivity contribution in [3.63, 3.8) is 0 Å². The lowest BCUT2D eigenvalue weighted by molar-refractivity contribution is 0.0588. The molecule has 9 rings (SSSR count). The molecule has 0 amide bonds. The molecule has 0 radical (unpaired) electrons. The first-order valence-electron chi connectivity index (χ1n) is 28.7. The van der Waals surface area contributed by atoms with Crippen molar-refractivity contribution < 1.29 is 37.7 Å². The Hall–Kier alpha value is -6.46. The van der Waals surface area contributed by atoms with Crippen LogP contribution in [-0.2, 0) is 42.0 Å². The van der Waals surface area contributed by atoms with Gasteiger partial charge in [0.15, 0.2) is 0 Å². The number of esters is 2. The van der Waals surface area contributed by atoms with Gasteiger partial charge < -0.3 is 14.6 Å². The van der Waals surface area contributed by atoms with Gasteiger partial charge in [-0.25, -0.2) is 23.2 Å². The maximum absolute atomic E-state index is 14.8. The number of carbonyl (C=O) groups is 3. The van der Waals surface area contributed by atoms with Gasteiger partial charge in [0, 0.05) is 9.13 Å². The molecule has 0 fully saturated rings. The van der Waals surface area contributed by atoms with Crippen LogP contribution >= 0.6 is 22.6 Å². The Morgan fingerprint density at radius 3 is 1.06 bits per heavy atom. The SMILES string of the molecule is C=C(c1cc2c(cc1C)C(C)(C)CCC2(C)C)c1ccc(C(=O)O)cc1I.C=C(c1cc2c(cc1C)C(C)(C)CCC2(C)C)c1ccc(C(=O)OC)cc1F.C=C(c1ccc(C(=O)OC)c(F)c1)c1cc2c(cc1C)C(C)(C)CCC2(C)C. The van der Waals surface area contributed by atoms with Crippen molar-refractivity contribution in [1.29, 1.82) is 0 Å². The molecular weight excluding hydrogens is 1150 g/mol. The maximum atomic E-state index is 14.8. The molecular formula is C74H85F2IO6. The predicted octanol–water partition coefficient (Wildman–Crippen LogP) is 19.4. The highest BCUT2D eigenvalue weighted by atomic mass is 127. The number of rotatable bonds is 9. The quantitative estimate of drug-likeness (QED) is 0.115. The summed E-state index contributed by atoms with van der Waals surface area (Å²) in [6.07, 6.45) is 6.92. The van der Waals surface area contributed by atoms with Crippen LogP contribution < -0.4 is 0 Å². The van der Waals surface area contributed by atoms with Crippen molar-refractivity contribution >= 4 is 57.2 Å². The van der Waals surface area contributed by atoms with Crippen LogP contribution in [0.15, 0.2) is 111 Å². The lowest BCUT2D eigenvalue weighted by atomic mass is 9.62. The van der Waals surface area contributed by atoms with Gasteiger partial charge in [-0.15, -0.1) is 0 Å². The average Bonchev–Trinajstić information content (AvgIpc) is 1.44. The predicted molar refractivity (Wildman–Crippen MR) is 345 cm³/mol. The lowest BCUT2D eigenvalue weighted by Gasteiger charge is -2.42. The molecule has 438 valence electrons. The molecule has 0 heterocycles. The van der Waals surface area contributed by atoms with Crippen LogP contribution in [0.2, 0.25) is 0 Å². The molecule has 0 aliphatic heterocycles. The third-order valence-electron chi connectivity index (χ3n) is 18.5. The summed E-state index contributed by atoms with van der Waals surface area (Å²) in [5.74, 6) is -3.19. The second-order valence-electron chi connectivity index (χ2n) is 27.2. The van der Waals surface area contributed by atoms with Crippen LogP contribution in [0.3, 0.4) is 0 Å². The summed E-state index contributed by atoms with van der Waals surface area (Å²) >= 11 is 2.20. The van der Waals surface area contributed by atoms with E-state index in [9.17, 15) is 28.3 Å². The highest BCUT2D eigenvalue weighted by molar-refractivity contribution is 14.1. The van der Waals surface area contributed by atoms with Crippen molar-refractivity contribution in [3.05, 3.63) is 226 Å². The van der Waals surface area contributed by atoms with E-state index >= 15 is 0 Å². The number of aromatic carboxylic acids is 1. The minimum absolute atomic E-state index is 0.0657. The van der Waals surface area contributed by atoms with Gasteiger partial charge in [0.25, 0.3) is 0 Å². The molecule has 0 saturated heterocycles. The van der Waals surface area contributed by atoms with E-state index < -0.39 is 29.5 Å². The third kappa shape index (κ3) is 13.0. The zero-order valence-electron chi connectivity index (χ0n) is 52.1. The van der Waals surface area contributed by atoms with E-state index in [4.69, 9.17) is 0 Å². The van der Waals surface area contributed by atoms with E-state index in [2.05, 4.69) is 192 Å². The van der Waals surface area contributed by atoms with Gasteiger partial charge >= 0.3 is 17.9 Å². The maximum Gasteiger partial charge on any atom is 0.340 e. The third-order valence-corrected chi connectivity index (χ3v) is 19.4. The molecule has 9 heteroatoms. The van der Waals surface area contributed by atoms with E-state index in [-0.39, 0.29) is 43.6 Å². The lowest BCUT2D eigenvalue weighted by Crippen LogP contribution is -2.34. The van der Waals surface area contributed by atoms with Crippen LogP contribution in [0.25, 0.3) is 16.7 Å². The number of ether oxygens (including phenoxy) is 2. The van der Waals surface area contributed by atoms with E-state index in [1.165, 1.54) is 84.2 Å². The zero-order valence-corrected chi connectivity index (χ0v) is 54.3. The van der Waals surface area contributed by atoms with Crippen LogP contribution in [0.4, 0.5) is 8.78 Å². The van der Waals surface area contributed by atoms with Crippen LogP contribution in [0.1, 0.15) is 236 Å². The fraction of sp³-hybridized carbons (Fsp3) is 0.392. The van der Waals surface area contributed by atoms with E-state index in [0.29, 0.717) is 22.3 Å². The summed E-state index contributed by atoms with van der Waals surface area (Å²) in [7, 11) is 2.53. The largest absolute Gasteiger partial charge is 0.478 e. The number of halogens is 3. The molecule has 6 aromatic rings. The van der Waals surface area contributed by atoms with Gasteiger partial charge in [-0.05, 0) is 245 Å². The van der Waals surface area contributed by atoms with Gasteiger partial charge in [0.2, 0.25) is 0 Å². The summed E-state index contributed by atoms with van der Waals surface area (Å²) in [4.78, 5) is 34.5. The molecule has 6 nitrogen and oxygen atoms in total. The van der Waals surface area contributed by atoms with Gasteiger partial charge in [-0.3, -0.25) is 0 Å². The van der Waals surface area contributed by atoms with Gasteiger partial charge in [0.1, 0.15) is 11.6 Å². The smallest absolute Gasteiger partial charge is 0.340 e. The normalized spacial score (nSPS) is 17.1. The van der Waals surface area contributed by atoms with Crippen LogP contribution in [0.5, 0.6) is 0 Å². The van der Waals surface area contributed by atoms with Gasteiger partial charge in [-0.2, -0.15) is 0 Å².